The van der Waals surface area contributed by atoms with Crippen LogP contribution in [0.25, 0.3) is 0 Å². The van der Waals surface area contributed by atoms with Gasteiger partial charge in [0, 0.05) is 17.8 Å². The van der Waals surface area contributed by atoms with E-state index in [-0.39, 0.29) is 0 Å². The van der Waals surface area contributed by atoms with E-state index in [1.165, 1.54) is 4.90 Å². The molecule has 0 unspecified atom stereocenters. The predicted molar refractivity (Wildman–Crippen MR) is 96.9 cm³/mol. The van der Waals surface area contributed by atoms with Gasteiger partial charge in [-0.25, -0.2) is 4.79 Å². The van der Waals surface area contributed by atoms with E-state index >= 15 is 0 Å². The molecule has 0 aliphatic carbocycles. The van der Waals surface area contributed by atoms with Crippen molar-refractivity contribution in [3.8, 4) is 5.75 Å². The standard InChI is InChI=1S/C19H22ClNO3/c1-19(2,3)24-18(22)21(4)16-8-10-17(11-9-16)23-13-14-6-5-7-15(20)12-14/h5-12H,13H2,1-4H3. The van der Waals surface area contributed by atoms with Crippen molar-refractivity contribution < 1.29 is 14.3 Å². The Labute approximate surface area is 147 Å². The third kappa shape index (κ3) is 5.46. The number of nitrogens with zero attached hydrogens (tertiary/aromatic N) is 1. The number of amides is 1. The molecular weight excluding hydrogens is 326 g/mol. The summed E-state index contributed by atoms with van der Waals surface area (Å²) in [6, 6.07) is 14.8. The first kappa shape index (κ1) is 18.1. The third-order valence-corrected chi connectivity index (χ3v) is 3.42. The van der Waals surface area contributed by atoms with Crippen LogP contribution in [0.3, 0.4) is 0 Å². The minimum Gasteiger partial charge on any atom is -0.489 e. The molecule has 0 fully saturated rings. The first-order valence-corrected chi connectivity index (χ1v) is 8.06. The molecule has 0 aromatic heterocycles. The van der Waals surface area contributed by atoms with Gasteiger partial charge in [-0.1, -0.05) is 23.7 Å². The van der Waals surface area contributed by atoms with Crippen LogP contribution in [0.5, 0.6) is 5.75 Å². The molecule has 1 amide bonds. The zero-order valence-corrected chi connectivity index (χ0v) is 15.1. The van der Waals surface area contributed by atoms with E-state index in [0.717, 1.165) is 17.0 Å². The topological polar surface area (TPSA) is 38.8 Å². The van der Waals surface area contributed by atoms with Gasteiger partial charge in [0.25, 0.3) is 0 Å². The second-order valence-corrected chi connectivity index (χ2v) is 6.89. The Morgan fingerprint density at radius 3 is 2.38 bits per heavy atom. The van der Waals surface area contributed by atoms with Crippen LogP contribution in [0.4, 0.5) is 10.5 Å². The average Bonchev–Trinajstić information content (AvgIpc) is 2.51. The lowest BCUT2D eigenvalue weighted by Gasteiger charge is -2.24. The maximum atomic E-state index is 12.0. The molecule has 4 nitrogen and oxygen atoms in total. The summed E-state index contributed by atoms with van der Waals surface area (Å²) in [7, 11) is 1.68. The second kappa shape index (κ2) is 7.58. The molecule has 0 saturated heterocycles. The molecule has 5 heteroatoms. The second-order valence-electron chi connectivity index (χ2n) is 6.45. The molecule has 0 bridgehead atoms. The lowest BCUT2D eigenvalue weighted by atomic mass is 10.2. The van der Waals surface area contributed by atoms with Gasteiger partial charge in [-0.2, -0.15) is 0 Å². The highest BCUT2D eigenvalue weighted by atomic mass is 35.5. The molecule has 2 aromatic carbocycles. The Kier molecular flexibility index (Phi) is 5.73. The van der Waals surface area contributed by atoms with Gasteiger partial charge >= 0.3 is 6.09 Å². The van der Waals surface area contributed by atoms with Crippen LogP contribution in [-0.4, -0.2) is 18.7 Å². The summed E-state index contributed by atoms with van der Waals surface area (Å²) in [5.74, 6) is 0.719. The van der Waals surface area contributed by atoms with Gasteiger partial charge < -0.3 is 9.47 Å². The number of ether oxygens (including phenoxy) is 2. The van der Waals surface area contributed by atoms with Crippen LogP contribution in [0.2, 0.25) is 5.02 Å². The van der Waals surface area contributed by atoms with E-state index in [2.05, 4.69) is 0 Å². The Bertz CT molecular complexity index is 693. The first-order chi connectivity index (χ1) is 11.2. The quantitative estimate of drug-likeness (QED) is 0.754. The van der Waals surface area contributed by atoms with Crippen LogP contribution in [0, 0.1) is 0 Å². The maximum Gasteiger partial charge on any atom is 0.414 e. The summed E-state index contributed by atoms with van der Waals surface area (Å²) >= 11 is 5.95. The van der Waals surface area contributed by atoms with E-state index in [0.29, 0.717) is 11.6 Å². The monoisotopic (exact) mass is 347 g/mol. The molecule has 0 spiro atoms. The van der Waals surface area contributed by atoms with Gasteiger partial charge in [0.05, 0.1) is 0 Å². The number of rotatable bonds is 4. The number of carbonyl (C=O) groups excluding carboxylic acids is 1. The van der Waals surface area contributed by atoms with Crippen molar-refractivity contribution >= 4 is 23.4 Å². The molecule has 0 aliphatic heterocycles. The van der Waals surface area contributed by atoms with Crippen molar-refractivity contribution in [2.24, 2.45) is 0 Å². The van der Waals surface area contributed by atoms with Crippen LogP contribution < -0.4 is 9.64 Å². The molecule has 128 valence electrons. The molecule has 0 saturated carbocycles. The minimum absolute atomic E-state index is 0.393. The van der Waals surface area contributed by atoms with Crippen molar-refractivity contribution in [1.82, 2.24) is 0 Å². The number of halogens is 1. The highest BCUT2D eigenvalue weighted by Crippen LogP contribution is 2.21. The maximum absolute atomic E-state index is 12.0. The zero-order valence-electron chi connectivity index (χ0n) is 14.4. The third-order valence-electron chi connectivity index (χ3n) is 3.19. The molecule has 0 heterocycles. The smallest absolute Gasteiger partial charge is 0.414 e. The number of benzene rings is 2. The number of carbonyl (C=O) groups is 1. The van der Waals surface area contributed by atoms with Crippen molar-refractivity contribution in [3.05, 3.63) is 59.1 Å². The van der Waals surface area contributed by atoms with Crippen molar-refractivity contribution in [3.63, 3.8) is 0 Å². The van der Waals surface area contributed by atoms with E-state index in [4.69, 9.17) is 21.1 Å². The molecule has 2 aromatic rings. The highest BCUT2D eigenvalue weighted by molar-refractivity contribution is 6.30. The van der Waals surface area contributed by atoms with Crippen molar-refractivity contribution in [2.75, 3.05) is 11.9 Å². The van der Waals surface area contributed by atoms with Gasteiger partial charge in [0.2, 0.25) is 0 Å². The SMILES string of the molecule is CN(C(=O)OC(C)(C)C)c1ccc(OCc2cccc(Cl)c2)cc1. The van der Waals surface area contributed by atoms with Crippen LogP contribution in [0.15, 0.2) is 48.5 Å². The Morgan fingerprint density at radius 2 is 1.79 bits per heavy atom. The highest BCUT2D eigenvalue weighted by Gasteiger charge is 2.20. The van der Waals surface area contributed by atoms with Gasteiger partial charge in [-0.3, -0.25) is 4.90 Å². The van der Waals surface area contributed by atoms with E-state index in [1.807, 2.05) is 69.3 Å². The Hall–Kier alpha value is -2.20. The summed E-state index contributed by atoms with van der Waals surface area (Å²) in [4.78, 5) is 13.5. The minimum atomic E-state index is -0.522. The summed E-state index contributed by atoms with van der Waals surface area (Å²) in [6.45, 7) is 5.95. The lowest BCUT2D eigenvalue weighted by molar-refractivity contribution is 0.0589. The van der Waals surface area contributed by atoms with Gasteiger partial charge in [0.1, 0.15) is 18.0 Å². The molecule has 24 heavy (non-hydrogen) atoms. The Balaban J connectivity index is 1.96. The van der Waals surface area contributed by atoms with E-state index < -0.39 is 11.7 Å². The number of hydrogen-bond donors (Lipinski definition) is 0. The number of hydrogen-bond acceptors (Lipinski definition) is 3. The largest absolute Gasteiger partial charge is 0.489 e. The fraction of sp³-hybridized carbons (Fsp3) is 0.316. The molecule has 2 rings (SSSR count). The van der Waals surface area contributed by atoms with Crippen molar-refractivity contribution in [2.45, 2.75) is 33.0 Å². The van der Waals surface area contributed by atoms with E-state index in [1.54, 1.807) is 7.05 Å². The molecule has 0 aliphatic rings. The molecule has 0 atom stereocenters. The van der Waals surface area contributed by atoms with Crippen LogP contribution >= 0.6 is 11.6 Å². The van der Waals surface area contributed by atoms with Crippen LogP contribution in [0.1, 0.15) is 26.3 Å². The summed E-state index contributed by atoms with van der Waals surface area (Å²) in [6.07, 6.45) is -0.393. The summed E-state index contributed by atoms with van der Waals surface area (Å²) in [5, 5.41) is 0.686. The molecular formula is C19H22ClNO3. The van der Waals surface area contributed by atoms with Gasteiger partial charge in [-0.05, 0) is 62.7 Å². The molecule has 0 radical (unpaired) electrons. The lowest BCUT2D eigenvalue weighted by Crippen LogP contribution is -2.34. The van der Waals surface area contributed by atoms with Crippen LogP contribution in [-0.2, 0) is 11.3 Å². The normalized spacial score (nSPS) is 11.0. The Morgan fingerprint density at radius 1 is 1.12 bits per heavy atom. The predicted octanol–water partition coefficient (Wildman–Crippen LogP) is 5.29. The molecule has 0 N–H and O–H groups in total. The fourth-order valence-corrected chi connectivity index (χ4v) is 2.21. The number of anilines is 1. The van der Waals surface area contributed by atoms with Crippen molar-refractivity contribution in [1.29, 1.82) is 0 Å². The van der Waals surface area contributed by atoms with E-state index in [9.17, 15) is 4.79 Å². The average molecular weight is 348 g/mol. The summed E-state index contributed by atoms with van der Waals surface area (Å²) < 4.78 is 11.1. The van der Waals surface area contributed by atoms with Gasteiger partial charge in [0.15, 0.2) is 0 Å². The van der Waals surface area contributed by atoms with Gasteiger partial charge in [-0.15, -0.1) is 0 Å². The zero-order chi connectivity index (χ0) is 17.7. The summed E-state index contributed by atoms with van der Waals surface area (Å²) in [5.41, 5.74) is 1.21. The first-order valence-electron chi connectivity index (χ1n) is 7.68. The fourth-order valence-electron chi connectivity index (χ4n) is 2.00.